The topological polar surface area (TPSA) is 71.1 Å². The molecule has 0 aliphatic carbocycles. The minimum absolute atomic E-state index is 0.156. The van der Waals surface area contributed by atoms with Gasteiger partial charge in [0, 0.05) is 49.6 Å². The molecule has 0 saturated heterocycles. The Bertz CT molecular complexity index is 1020. The lowest BCUT2D eigenvalue weighted by atomic mass is 10.0. The third-order valence-corrected chi connectivity index (χ3v) is 4.78. The number of benzene rings is 1. The molecule has 138 valence electrons. The van der Waals surface area contributed by atoms with Crippen LogP contribution in [0.25, 0.3) is 11.4 Å². The van der Waals surface area contributed by atoms with Gasteiger partial charge in [0.25, 0.3) is 5.56 Å². The van der Waals surface area contributed by atoms with E-state index in [1.807, 2.05) is 17.0 Å². The number of nitrogens with one attached hydrogen (secondary N) is 1. The molecule has 1 aromatic carbocycles. The predicted molar refractivity (Wildman–Crippen MR) is 98.9 cm³/mol. The number of hydrogen-bond acceptors (Lipinski definition) is 5. The number of hydrogen-bond donors (Lipinski definition) is 1. The van der Waals surface area contributed by atoms with E-state index in [9.17, 15) is 9.18 Å². The van der Waals surface area contributed by atoms with E-state index in [0.29, 0.717) is 48.8 Å². The Balaban J connectivity index is 1.60. The van der Waals surface area contributed by atoms with Gasteiger partial charge in [0.15, 0.2) is 0 Å². The summed E-state index contributed by atoms with van der Waals surface area (Å²) in [4.78, 5) is 26.1. The molecule has 1 aliphatic rings. The SMILES string of the molecule is COc1cccc(F)c1CN1CCc2nc(-c3ccncc3)[nH]c(=O)c2C1. The van der Waals surface area contributed by atoms with E-state index < -0.39 is 0 Å². The Morgan fingerprint density at radius 1 is 1.26 bits per heavy atom. The lowest BCUT2D eigenvalue weighted by molar-refractivity contribution is 0.234. The Kier molecular flexibility index (Phi) is 4.68. The summed E-state index contributed by atoms with van der Waals surface area (Å²) in [6.07, 6.45) is 3.96. The molecule has 3 aromatic rings. The number of aromatic amines is 1. The molecule has 4 rings (SSSR count). The number of H-pyrrole nitrogens is 1. The smallest absolute Gasteiger partial charge is 0.255 e. The Morgan fingerprint density at radius 2 is 2.07 bits per heavy atom. The maximum atomic E-state index is 14.2. The van der Waals surface area contributed by atoms with E-state index >= 15 is 0 Å². The van der Waals surface area contributed by atoms with E-state index in [4.69, 9.17) is 4.74 Å². The van der Waals surface area contributed by atoms with Crippen LogP contribution in [0.15, 0.2) is 47.5 Å². The molecule has 0 unspecified atom stereocenters. The zero-order chi connectivity index (χ0) is 18.8. The van der Waals surface area contributed by atoms with E-state index in [2.05, 4.69) is 15.0 Å². The summed E-state index contributed by atoms with van der Waals surface area (Å²) in [5.41, 5.74) is 2.60. The minimum Gasteiger partial charge on any atom is -0.496 e. The van der Waals surface area contributed by atoms with Crippen LogP contribution in [-0.2, 0) is 19.5 Å². The second-order valence-electron chi connectivity index (χ2n) is 6.46. The first-order valence-corrected chi connectivity index (χ1v) is 8.72. The van der Waals surface area contributed by atoms with Crippen molar-refractivity contribution in [2.75, 3.05) is 13.7 Å². The van der Waals surface area contributed by atoms with E-state index in [1.165, 1.54) is 13.2 Å². The number of ether oxygens (including phenoxy) is 1. The summed E-state index contributed by atoms with van der Waals surface area (Å²) in [7, 11) is 1.53. The van der Waals surface area contributed by atoms with Crippen molar-refractivity contribution in [3.8, 4) is 17.1 Å². The third kappa shape index (κ3) is 3.46. The van der Waals surface area contributed by atoms with Gasteiger partial charge in [-0.3, -0.25) is 14.7 Å². The lowest BCUT2D eigenvalue weighted by Crippen LogP contribution is -2.35. The highest BCUT2D eigenvalue weighted by atomic mass is 19.1. The highest BCUT2D eigenvalue weighted by Crippen LogP contribution is 2.25. The first-order valence-electron chi connectivity index (χ1n) is 8.72. The monoisotopic (exact) mass is 366 g/mol. The summed E-state index contributed by atoms with van der Waals surface area (Å²) < 4.78 is 19.5. The summed E-state index contributed by atoms with van der Waals surface area (Å²) in [6.45, 7) is 1.49. The van der Waals surface area contributed by atoms with Crippen LogP contribution in [0.5, 0.6) is 5.75 Å². The summed E-state index contributed by atoms with van der Waals surface area (Å²) in [5, 5.41) is 0. The third-order valence-electron chi connectivity index (χ3n) is 4.78. The number of rotatable bonds is 4. The molecule has 0 amide bonds. The highest BCUT2D eigenvalue weighted by molar-refractivity contribution is 5.54. The second kappa shape index (κ2) is 7.28. The molecule has 1 aliphatic heterocycles. The Morgan fingerprint density at radius 3 is 2.85 bits per heavy atom. The first-order chi connectivity index (χ1) is 13.2. The van der Waals surface area contributed by atoms with Crippen LogP contribution in [0, 0.1) is 5.82 Å². The number of aromatic nitrogens is 3. The van der Waals surface area contributed by atoms with Crippen LogP contribution in [0.3, 0.4) is 0 Å². The highest BCUT2D eigenvalue weighted by Gasteiger charge is 2.23. The molecule has 0 bridgehead atoms. The van der Waals surface area contributed by atoms with Crippen molar-refractivity contribution < 1.29 is 9.13 Å². The molecular formula is C20H19FN4O2. The molecule has 7 heteroatoms. The fourth-order valence-electron chi connectivity index (χ4n) is 3.37. The zero-order valence-corrected chi connectivity index (χ0v) is 14.9. The van der Waals surface area contributed by atoms with Crippen molar-refractivity contribution in [1.82, 2.24) is 19.9 Å². The fourth-order valence-corrected chi connectivity index (χ4v) is 3.37. The standard InChI is InChI=1S/C20H19FN4O2/c1-27-18-4-2-3-16(21)14(18)11-25-10-7-17-15(12-25)20(26)24-19(23-17)13-5-8-22-9-6-13/h2-6,8-9H,7,10-12H2,1H3,(H,23,24,26). The molecule has 0 radical (unpaired) electrons. The molecule has 0 atom stereocenters. The summed E-state index contributed by atoms with van der Waals surface area (Å²) in [5.74, 6) is 0.756. The predicted octanol–water partition coefficient (Wildman–Crippen LogP) is 2.54. The molecule has 2 aromatic heterocycles. The maximum Gasteiger partial charge on any atom is 0.255 e. The molecular weight excluding hydrogens is 347 g/mol. The molecule has 1 N–H and O–H groups in total. The van der Waals surface area contributed by atoms with Gasteiger partial charge in [-0.15, -0.1) is 0 Å². The van der Waals surface area contributed by atoms with E-state index in [-0.39, 0.29) is 11.4 Å². The minimum atomic E-state index is -0.305. The van der Waals surface area contributed by atoms with Gasteiger partial charge in [-0.2, -0.15) is 0 Å². The summed E-state index contributed by atoms with van der Waals surface area (Å²) in [6, 6.07) is 8.41. The van der Waals surface area contributed by atoms with Gasteiger partial charge in [-0.05, 0) is 24.3 Å². The van der Waals surface area contributed by atoms with Crippen LogP contribution in [0.1, 0.15) is 16.8 Å². The Labute approximate surface area is 155 Å². The number of pyridine rings is 1. The molecule has 27 heavy (non-hydrogen) atoms. The molecule has 0 fully saturated rings. The number of nitrogens with zero attached hydrogens (tertiary/aromatic N) is 3. The normalized spacial score (nSPS) is 14.0. The van der Waals surface area contributed by atoms with E-state index in [0.717, 1.165) is 11.3 Å². The number of halogens is 1. The average Bonchev–Trinajstić information content (AvgIpc) is 2.70. The van der Waals surface area contributed by atoms with Crippen molar-refractivity contribution in [2.45, 2.75) is 19.5 Å². The molecule has 0 spiro atoms. The largest absolute Gasteiger partial charge is 0.496 e. The van der Waals surface area contributed by atoms with Crippen molar-refractivity contribution in [3.63, 3.8) is 0 Å². The van der Waals surface area contributed by atoms with Crippen molar-refractivity contribution in [2.24, 2.45) is 0 Å². The fraction of sp³-hybridized carbons (Fsp3) is 0.250. The Hall–Kier alpha value is -3.06. The summed E-state index contributed by atoms with van der Waals surface area (Å²) >= 11 is 0. The van der Waals surface area contributed by atoms with Crippen molar-refractivity contribution in [1.29, 1.82) is 0 Å². The molecule has 6 nitrogen and oxygen atoms in total. The number of methoxy groups -OCH3 is 1. The van der Waals surface area contributed by atoms with Gasteiger partial charge < -0.3 is 9.72 Å². The van der Waals surface area contributed by atoms with Crippen LogP contribution < -0.4 is 10.3 Å². The lowest BCUT2D eigenvalue weighted by Gasteiger charge is -2.28. The van der Waals surface area contributed by atoms with Gasteiger partial charge in [-0.25, -0.2) is 9.37 Å². The van der Waals surface area contributed by atoms with Gasteiger partial charge in [0.1, 0.15) is 17.4 Å². The molecule has 0 saturated carbocycles. The molecule has 3 heterocycles. The van der Waals surface area contributed by atoms with Crippen LogP contribution >= 0.6 is 0 Å². The van der Waals surface area contributed by atoms with Gasteiger partial charge >= 0.3 is 0 Å². The number of fused-ring (bicyclic) bond motifs is 1. The van der Waals surface area contributed by atoms with E-state index in [1.54, 1.807) is 24.5 Å². The quantitative estimate of drug-likeness (QED) is 0.768. The van der Waals surface area contributed by atoms with Crippen molar-refractivity contribution in [3.05, 3.63) is 75.7 Å². The van der Waals surface area contributed by atoms with Crippen LogP contribution in [-0.4, -0.2) is 33.5 Å². The van der Waals surface area contributed by atoms with Crippen LogP contribution in [0.2, 0.25) is 0 Å². The van der Waals surface area contributed by atoms with Gasteiger partial charge in [0.2, 0.25) is 0 Å². The van der Waals surface area contributed by atoms with Crippen LogP contribution in [0.4, 0.5) is 4.39 Å². The van der Waals surface area contributed by atoms with Gasteiger partial charge in [0.05, 0.1) is 18.4 Å². The second-order valence-corrected chi connectivity index (χ2v) is 6.46. The average molecular weight is 366 g/mol. The first kappa shape index (κ1) is 17.4. The van der Waals surface area contributed by atoms with Gasteiger partial charge in [-0.1, -0.05) is 6.07 Å². The van der Waals surface area contributed by atoms with Crippen molar-refractivity contribution >= 4 is 0 Å². The zero-order valence-electron chi connectivity index (χ0n) is 14.9. The maximum absolute atomic E-state index is 14.2.